The minimum absolute atomic E-state index is 0.165. The van der Waals surface area contributed by atoms with Crippen molar-refractivity contribution in [2.24, 2.45) is 0 Å². The normalized spacial score (nSPS) is 10.2. The first-order valence-electron chi connectivity index (χ1n) is 4.42. The zero-order valence-electron chi connectivity index (χ0n) is 8.28. The highest BCUT2D eigenvalue weighted by atomic mass is 35.5. The minimum Gasteiger partial charge on any atom is -0.374 e. The van der Waals surface area contributed by atoms with Crippen molar-refractivity contribution in [1.82, 2.24) is 10.2 Å². The van der Waals surface area contributed by atoms with Gasteiger partial charge < -0.3 is 11.1 Å². The maximum absolute atomic E-state index is 11.7. The van der Waals surface area contributed by atoms with Crippen molar-refractivity contribution >= 4 is 51.3 Å². The number of nitrogens with two attached hydrogens (primary N) is 1. The van der Waals surface area contributed by atoms with E-state index in [4.69, 9.17) is 28.9 Å². The van der Waals surface area contributed by atoms with Crippen LogP contribution in [0.15, 0.2) is 18.2 Å². The summed E-state index contributed by atoms with van der Waals surface area (Å²) in [6, 6.07) is 4.94. The molecule has 1 aromatic carbocycles. The van der Waals surface area contributed by atoms with Crippen LogP contribution in [0.1, 0.15) is 9.80 Å². The highest BCUT2D eigenvalue weighted by molar-refractivity contribution is 7.17. The van der Waals surface area contributed by atoms with Crippen LogP contribution in [0.25, 0.3) is 0 Å². The summed E-state index contributed by atoms with van der Waals surface area (Å²) >= 11 is 12.7. The summed E-state index contributed by atoms with van der Waals surface area (Å²) in [4.78, 5) is 11.7. The molecule has 2 aromatic rings. The Morgan fingerprint density at radius 2 is 2.12 bits per heavy atom. The van der Waals surface area contributed by atoms with Crippen LogP contribution >= 0.6 is 34.5 Å². The van der Waals surface area contributed by atoms with Crippen molar-refractivity contribution in [3.8, 4) is 0 Å². The van der Waals surface area contributed by atoms with Gasteiger partial charge in [-0.05, 0) is 12.1 Å². The highest BCUT2D eigenvalue weighted by Gasteiger charge is 2.14. The molecule has 0 radical (unpaired) electrons. The third kappa shape index (κ3) is 2.66. The summed E-state index contributed by atoms with van der Waals surface area (Å²) in [5.74, 6) is -0.427. The third-order valence-corrected chi connectivity index (χ3v) is 3.40. The monoisotopic (exact) mass is 288 g/mol. The van der Waals surface area contributed by atoms with E-state index in [-0.39, 0.29) is 15.2 Å². The molecule has 0 aliphatic rings. The molecule has 0 spiro atoms. The Kier molecular flexibility index (Phi) is 3.46. The molecular weight excluding hydrogens is 283 g/mol. The molecule has 1 aromatic heterocycles. The van der Waals surface area contributed by atoms with Gasteiger partial charge in [0, 0.05) is 0 Å². The van der Waals surface area contributed by atoms with Crippen molar-refractivity contribution < 1.29 is 4.79 Å². The smallest absolute Gasteiger partial charge is 0.286 e. The van der Waals surface area contributed by atoms with Crippen LogP contribution in [0.5, 0.6) is 0 Å². The van der Waals surface area contributed by atoms with E-state index in [0.29, 0.717) is 10.7 Å². The van der Waals surface area contributed by atoms with Gasteiger partial charge in [-0.3, -0.25) is 4.79 Å². The molecule has 1 heterocycles. The average molecular weight is 289 g/mol. The molecule has 0 saturated heterocycles. The Balaban J connectivity index is 2.21. The quantitative estimate of drug-likeness (QED) is 0.890. The molecule has 0 unspecified atom stereocenters. The summed E-state index contributed by atoms with van der Waals surface area (Å²) < 4.78 is 0. The zero-order chi connectivity index (χ0) is 12.4. The Morgan fingerprint density at radius 1 is 1.35 bits per heavy atom. The van der Waals surface area contributed by atoms with Crippen molar-refractivity contribution in [1.29, 1.82) is 0 Å². The first-order chi connectivity index (χ1) is 8.08. The van der Waals surface area contributed by atoms with Crippen molar-refractivity contribution in [3.05, 3.63) is 33.3 Å². The number of rotatable bonds is 2. The number of benzene rings is 1. The number of anilines is 2. The van der Waals surface area contributed by atoms with E-state index in [1.807, 2.05) is 0 Å². The van der Waals surface area contributed by atoms with E-state index in [0.717, 1.165) is 11.3 Å². The molecule has 0 aliphatic heterocycles. The second kappa shape index (κ2) is 4.87. The van der Waals surface area contributed by atoms with Gasteiger partial charge in [0.05, 0.1) is 15.7 Å². The largest absolute Gasteiger partial charge is 0.374 e. The molecule has 0 aliphatic carbocycles. The van der Waals surface area contributed by atoms with Crippen LogP contribution in [0, 0.1) is 0 Å². The van der Waals surface area contributed by atoms with Crippen LogP contribution in [0.2, 0.25) is 10.0 Å². The van der Waals surface area contributed by atoms with Gasteiger partial charge in [-0.2, -0.15) is 0 Å². The molecule has 3 N–H and O–H groups in total. The molecule has 0 fully saturated rings. The van der Waals surface area contributed by atoms with E-state index in [2.05, 4.69) is 15.5 Å². The standard InChI is InChI=1S/C9H6Cl2N4OS/c10-4-2-1-3-5(6(4)11)13-7(16)8-14-15-9(12)17-8/h1-3H,(H2,12,15)(H,13,16). The number of nitrogens with one attached hydrogen (secondary N) is 1. The van der Waals surface area contributed by atoms with Gasteiger partial charge in [-0.15, -0.1) is 10.2 Å². The fraction of sp³-hybridized carbons (Fsp3) is 0. The van der Waals surface area contributed by atoms with Crippen LogP contribution in [-0.4, -0.2) is 16.1 Å². The molecule has 8 heteroatoms. The maximum Gasteiger partial charge on any atom is 0.286 e. The van der Waals surface area contributed by atoms with Crippen LogP contribution in [0.4, 0.5) is 10.8 Å². The van der Waals surface area contributed by atoms with Gasteiger partial charge >= 0.3 is 0 Å². The van der Waals surface area contributed by atoms with E-state index >= 15 is 0 Å². The predicted octanol–water partition coefficient (Wildman–Crippen LogP) is 2.68. The number of carbonyl (C=O) groups is 1. The first kappa shape index (κ1) is 12.1. The van der Waals surface area contributed by atoms with Gasteiger partial charge in [0.1, 0.15) is 0 Å². The molecule has 5 nitrogen and oxygen atoms in total. The van der Waals surface area contributed by atoms with Gasteiger partial charge in [-0.1, -0.05) is 40.6 Å². The van der Waals surface area contributed by atoms with E-state index in [1.165, 1.54) is 0 Å². The summed E-state index contributed by atoms with van der Waals surface area (Å²) in [6.45, 7) is 0. The second-order valence-corrected chi connectivity index (χ2v) is 4.80. The summed E-state index contributed by atoms with van der Waals surface area (Å²) in [5.41, 5.74) is 5.80. The second-order valence-electron chi connectivity index (χ2n) is 3.00. The maximum atomic E-state index is 11.7. The summed E-state index contributed by atoms with van der Waals surface area (Å²) in [5, 5.41) is 10.8. The summed E-state index contributed by atoms with van der Waals surface area (Å²) in [7, 11) is 0. The molecule has 0 bridgehead atoms. The fourth-order valence-electron chi connectivity index (χ4n) is 1.10. The Labute approximate surface area is 111 Å². The lowest BCUT2D eigenvalue weighted by molar-refractivity contribution is 0.102. The average Bonchev–Trinajstić information content (AvgIpc) is 2.72. The lowest BCUT2D eigenvalue weighted by Gasteiger charge is -2.05. The van der Waals surface area contributed by atoms with Crippen LogP contribution in [0.3, 0.4) is 0 Å². The van der Waals surface area contributed by atoms with Gasteiger partial charge in [0.25, 0.3) is 5.91 Å². The Bertz CT molecular complexity index is 572. The number of amides is 1. The molecule has 0 saturated carbocycles. The van der Waals surface area contributed by atoms with Crippen molar-refractivity contribution in [3.63, 3.8) is 0 Å². The fourth-order valence-corrected chi connectivity index (χ4v) is 1.96. The highest BCUT2D eigenvalue weighted by Crippen LogP contribution is 2.29. The zero-order valence-corrected chi connectivity index (χ0v) is 10.6. The number of aromatic nitrogens is 2. The number of nitrogens with zero attached hydrogens (tertiary/aromatic N) is 2. The van der Waals surface area contributed by atoms with E-state index in [1.54, 1.807) is 18.2 Å². The Morgan fingerprint density at radius 3 is 2.76 bits per heavy atom. The SMILES string of the molecule is Nc1nnc(C(=O)Nc2cccc(Cl)c2Cl)s1. The van der Waals surface area contributed by atoms with E-state index in [9.17, 15) is 4.79 Å². The van der Waals surface area contributed by atoms with Crippen molar-refractivity contribution in [2.75, 3.05) is 11.1 Å². The number of carbonyl (C=O) groups excluding carboxylic acids is 1. The van der Waals surface area contributed by atoms with Gasteiger partial charge in [0.2, 0.25) is 10.1 Å². The molecular formula is C9H6Cl2N4OS. The molecule has 1 amide bonds. The van der Waals surface area contributed by atoms with Crippen LogP contribution in [-0.2, 0) is 0 Å². The van der Waals surface area contributed by atoms with Gasteiger partial charge in [0.15, 0.2) is 0 Å². The lowest BCUT2D eigenvalue weighted by Crippen LogP contribution is -2.11. The predicted molar refractivity (Wildman–Crippen MR) is 68.7 cm³/mol. The molecule has 0 atom stereocenters. The van der Waals surface area contributed by atoms with Gasteiger partial charge in [-0.25, -0.2) is 0 Å². The number of nitrogen functional groups attached to an aromatic ring is 1. The molecule has 17 heavy (non-hydrogen) atoms. The Hall–Kier alpha value is -1.37. The van der Waals surface area contributed by atoms with E-state index < -0.39 is 5.91 Å². The number of halogens is 2. The summed E-state index contributed by atoms with van der Waals surface area (Å²) in [6.07, 6.45) is 0. The lowest BCUT2D eigenvalue weighted by atomic mass is 10.3. The molecule has 2 rings (SSSR count). The molecule has 88 valence electrons. The first-order valence-corrected chi connectivity index (χ1v) is 5.99. The van der Waals surface area contributed by atoms with Crippen LogP contribution < -0.4 is 11.1 Å². The number of hydrogen-bond donors (Lipinski definition) is 2. The topological polar surface area (TPSA) is 80.9 Å². The minimum atomic E-state index is -0.427. The third-order valence-electron chi connectivity index (χ3n) is 1.83. The van der Waals surface area contributed by atoms with Crippen molar-refractivity contribution in [2.45, 2.75) is 0 Å². The number of hydrogen-bond acceptors (Lipinski definition) is 5.